The average molecular weight is 1710 g/mol. The summed E-state index contributed by atoms with van der Waals surface area (Å²) in [5.74, 6) is -2.97. The maximum atomic E-state index is 14.9. The third-order valence-corrected chi connectivity index (χ3v) is 24.2. The summed E-state index contributed by atoms with van der Waals surface area (Å²) >= 11 is 0. The number of aliphatic hydroxyl groups excluding tert-OH is 9. The van der Waals surface area contributed by atoms with Crippen LogP contribution in [-0.2, 0) is 70.7 Å². The Morgan fingerprint density at radius 2 is 0.636 bits per heavy atom. The van der Waals surface area contributed by atoms with Crippen molar-refractivity contribution in [2.75, 3.05) is 26.4 Å². The molecule has 3 aliphatic rings. The zero-order valence-electron chi connectivity index (χ0n) is 73.7. The van der Waals surface area contributed by atoms with E-state index in [9.17, 15) is 74.6 Å². The fourth-order valence-corrected chi connectivity index (χ4v) is 16.6. The molecule has 2 aliphatic heterocycles. The number of hydrogen-bond acceptors (Lipinski definition) is 24. The van der Waals surface area contributed by atoms with Crippen molar-refractivity contribution >= 4 is 31.7 Å². The van der Waals surface area contributed by atoms with Gasteiger partial charge in [-0.1, -0.05) is 328 Å². The molecule has 0 aromatic heterocycles. The second-order valence-electron chi connectivity index (χ2n) is 33.9. The van der Waals surface area contributed by atoms with Gasteiger partial charge in [0, 0.05) is 25.7 Å². The Kier molecular flexibility index (Phi) is 65.8. The Labute approximate surface area is 711 Å². The molecule has 0 radical (unpaired) electrons. The van der Waals surface area contributed by atoms with Gasteiger partial charge >= 0.3 is 31.7 Å². The number of carbonyl (C=O) groups is 4. The molecular weight excluding hydrogens is 1540 g/mol. The molecule has 2 saturated heterocycles. The smallest absolute Gasteiger partial charge is 0.463 e. The van der Waals surface area contributed by atoms with Crippen LogP contribution in [0.25, 0.3) is 0 Å². The van der Waals surface area contributed by atoms with Crippen molar-refractivity contribution in [3.05, 3.63) is 24.3 Å². The van der Waals surface area contributed by atoms with E-state index in [1.807, 2.05) is 0 Å². The summed E-state index contributed by atoms with van der Waals surface area (Å²) in [7, 11) is -5.81. The third-order valence-electron chi connectivity index (χ3n) is 23.2. The summed E-state index contributed by atoms with van der Waals surface area (Å²) in [4.78, 5) is 66.5. The molecule has 118 heavy (non-hydrogen) atoms. The number of phosphoric acid groups is 1. The minimum Gasteiger partial charge on any atom is -0.463 e. The summed E-state index contributed by atoms with van der Waals surface area (Å²) in [5.41, 5.74) is 0. The molecule has 692 valence electrons. The highest BCUT2D eigenvalue weighted by Gasteiger charge is 2.60. The Morgan fingerprint density at radius 3 is 1.02 bits per heavy atom. The highest BCUT2D eigenvalue weighted by molar-refractivity contribution is 7.47. The van der Waals surface area contributed by atoms with E-state index in [4.69, 9.17) is 46.9 Å². The molecule has 1 aliphatic carbocycles. The standard InChI is InChI=1S/C92H169O25P/c1-5-9-13-17-21-25-29-33-36-39-41-45-49-53-57-61-65-76(95)109-71-74-80(99)82(101)86(105)92(113-74)116-89-87(114-78(97)67-63-59-55-51-47-43-38-35-31-27-23-19-15-11-7-3)83(102)84(103)88(115-91-85(104)81(100)79(98)73(68-93)112-91)90(89)117-118(106,107)110-70-72(69-108-75(94)64-60-56-52-48-44-40-32-28-24-20-16-12-8-4)111-77(96)66-62-58-54-50-46-42-37-34-30-26-22-18-14-10-6-2/h26-27,30-31,72-74,79-93,98-105H,5-25,28-29,32-71H2,1-4H3,(H,106,107)/b30-26-,31-27-. The highest BCUT2D eigenvalue weighted by Crippen LogP contribution is 2.49. The Morgan fingerprint density at radius 1 is 0.331 bits per heavy atom. The molecule has 26 heteroatoms. The normalized spacial score (nSPS) is 25.0. The second-order valence-corrected chi connectivity index (χ2v) is 35.3. The topological polar surface area (TPSA) is 380 Å². The van der Waals surface area contributed by atoms with Crippen molar-refractivity contribution in [1.82, 2.24) is 0 Å². The minimum absolute atomic E-state index is 0.0172. The van der Waals surface area contributed by atoms with Crippen LogP contribution in [0.4, 0.5) is 0 Å². The maximum Gasteiger partial charge on any atom is 0.472 e. The lowest BCUT2D eigenvalue weighted by Crippen LogP contribution is -2.70. The molecule has 0 aromatic rings. The van der Waals surface area contributed by atoms with Gasteiger partial charge < -0.3 is 88.7 Å². The van der Waals surface area contributed by atoms with E-state index in [1.54, 1.807) is 0 Å². The largest absolute Gasteiger partial charge is 0.472 e. The van der Waals surface area contributed by atoms with Crippen LogP contribution in [0.2, 0.25) is 0 Å². The number of phosphoric ester groups is 1. The summed E-state index contributed by atoms with van der Waals surface area (Å²) in [5, 5.41) is 102. The van der Waals surface area contributed by atoms with Crippen LogP contribution < -0.4 is 0 Å². The number of aliphatic hydroxyl groups is 9. The van der Waals surface area contributed by atoms with Crippen LogP contribution >= 0.6 is 7.82 Å². The monoisotopic (exact) mass is 1710 g/mol. The first-order valence-corrected chi connectivity index (χ1v) is 49.1. The van der Waals surface area contributed by atoms with Crippen molar-refractivity contribution in [2.24, 2.45) is 0 Å². The fourth-order valence-electron chi connectivity index (χ4n) is 15.6. The van der Waals surface area contributed by atoms with Gasteiger partial charge in [0.2, 0.25) is 0 Å². The van der Waals surface area contributed by atoms with Gasteiger partial charge in [-0.05, 0) is 77.0 Å². The molecule has 0 aromatic carbocycles. The zero-order valence-corrected chi connectivity index (χ0v) is 74.6. The van der Waals surface area contributed by atoms with Crippen LogP contribution in [0.1, 0.15) is 407 Å². The van der Waals surface area contributed by atoms with Gasteiger partial charge in [-0.15, -0.1) is 0 Å². The summed E-state index contributed by atoms with van der Waals surface area (Å²) in [6.07, 6.45) is 31.6. The zero-order chi connectivity index (χ0) is 86.1. The Balaban J connectivity index is 1.91. The number of ether oxygens (including phenoxy) is 8. The predicted molar refractivity (Wildman–Crippen MR) is 458 cm³/mol. The number of allylic oxidation sites excluding steroid dienone is 4. The number of carbonyl (C=O) groups excluding carboxylic acids is 4. The molecule has 3 rings (SSSR count). The van der Waals surface area contributed by atoms with Gasteiger partial charge in [0.05, 0.1) is 13.2 Å². The van der Waals surface area contributed by atoms with Gasteiger partial charge in [-0.2, -0.15) is 0 Å². The van der Waals surface area contributed by atoms with Crippen LogP contribution in [0, 0.1) is 0 Å². The fraction of sp³-hybridized carbons (Fsp3) is 0.913. The highest BCUT2D eigenvalue weighted by atomic mass is 31.2. The molecule has 1 saturated carbocycles. The first kappa shape index (κ1) is 109. The van der Waals surface area contributed by atoms with Crippen molar-refractivity contribution in [3.63, 3.8) is 0 Å². The Hall–Kier alpha value is -3.05. The van der Waals surface area contributed by atoms with Gasteiger partial charge in [0.25, 0.3) is 0 Å². The van der Waals surface area contributed by atoms with E-state index in [-0.39, 0.29) is 25.7 Å². The lowest BCUT2D eigenvalue weighted by molar-refractivity contribution is -0.360. The van der Waals surface area contributed by atoms with Crippen molar-refractivity contribution in [3.8, 4) is 0 Å². The quantitative estimate of drug-likeness (QED) is 0.00889. The van der Waals surface area contributed by atoms with E-state index in [1.165, 1.54) is 161 Å². The van der Waals surface area contributed by atoms with E-state index in [2.05, 4.69) is 52.0 Å². The van der Waals surface area contributed by atoms with Crippen molar-refractivity contribution < 1.29 is 122 Å². The number of unbranched alkanes of at least 4 members (excludes halogenated alkanes) is 49. The van der Waals surface area contributed by atoms with Crippen molar-refractivity contribution in [1.29, 1.82) is 0 Å². The predicted octanol–water partition coefficient (Wildman–Crippen LogP) is 17.7. The number of rotatable bonds is 77. The maximum absolute atomic E-state index is 14.9. The Bertz CT molecular complexity index is 2550. The van der Waals surface area contributed by atoms with E-state index >= 15 is 0 Å². The van der Waals surface area contributed by atoms with E-state index in [0.717, 1.165) is 154 Å². The molecule has 18 atom stereocenters. The van der Waals surface area contributed by atoms with Gasteiger partial charge in [-0.3, -0.25) is 28.2 Å². The van der Waals surface area contributed by atoms with E-state index in [0.29, 0.717) is 38.5 Å². The lowest BCUT2D eigenvalue weighted by Gasteiger charge is -2.50. The number of esters is 4. The van der Waals surface area contributed by atoms with Crippen LogP contribution in [0.3, 0.4) is 0 Å². The first-order chi connectivity index (χ1) is 57.2. The van der Waals surface area contributed by atoms with Gasteiger partial charge in [-0.25, -0.2) is 4.57 Å². The summed E-state index contributed by atoms with van der Waals surface area (Å²) < 4.78 is 73.4. The first-order valence-electron chi connectivity index (χ1n) is 47.6. The molecule has 3 fully saturated rings. The van der Waals surface area contributed by atoms with Crippen LogP contribution in [0.5, 0.6) is 0 Å². The van der Waals surface area contributed by atoms with E-state index < -0.39 is 162 Å². The molecule has 18 unspecified atom stereocenters. The molecule has 0 amide bonds. The molecule has 25 nitrogen and oxygen atoms in total. The minimum atomic E-state index is -5.81. The molecule has 2 heterocycles. The SMILES string of the molecule is CCCCCC/C=C\CCCCCCCCCC(=O)OC(COC(=O)CCCCCCCCCCCCCCC)COP(=O)(O)OC1C(OC2OC(CO)C(O)C(O)C2O)C(O)C(O)C(OC(=O)CCCCCCCCC/C=C\CCCCCC)C1OC1OC(COC(=O)CCCCCCCCCCCCCCCCCC)C(O)C(O)C1O. The molecule has 10 N–H and O–H groups in total. The third kappa shape index (κ3) is 50.8. The summed E-state index contributed by atoms with van der Waals surface area (Å²) in [6, 6.07) is 0. The molecule has 0 spiro atoms. The number of hydrogen-bond donors (Lipinski definition) is 10. The van der Waals surface area contributed by atoms with Crippen LogP contribution in [0.15, 0.2) is 24.3 Å². The molecular formula is C92H169O25P. The van der Waals surface area contributed by atoms with Gasteiger partial charge in [0.15, 0.2) is 24.8 Å². The van der Waals surface area contributed by atoms with Crippen LogP contribution in [-0.4, -0.2) is 205 Å². The lowest BCUT2D eigenvalue weighted by atomic mass is 9.84. The van der Waals surface area contributed by atoms with Crippen molar-refractivity contribution in [2.45, 2.75) is 511 Å². The summed E-state index contributed by atoms with van der Waals surface area (Å²) in [6.45, 7) is 5.59. The second kappa shape index (κ2) is 71.1. The molecule has 0 bridgehead atoms. The van der Waals surface area contributed by atoms with Gasteiger partial charge in [0.1, 0.15) is 92.6 Å². The average Bonchev–Trinajstić information content (AvgIpc) is 0.755.